The first kappa shape index (κ1) is 17.0. The first-order valence-corrected chi connectivity index (χ1v) is 6.84. The number of halogens is 3. The summed E-state index contributed by atoms with van der Waals surface area (Å²) in [5.41, 5.74) is 1.93. The highest BCUT2D eigenvalue weighted by Gasteiger charge is 2.25. The topological polar surface area (TPSA) is 29.5 Å². The number of alkyl halides is 3. The normalized spacial score (nSPS) is 13.4. The van der Waals surface area contributed by atoms with Gasteiger partial charge in [-0.3, -0.25) is 0 Å². The minimum absolute atomic E-state index is 0.00445. The van der Waals surface area contributed by atoms with Crippen molar-refractivity contribution in [1.29, 1.82) is 0 Å². The minimum Gasteiger partial charge on any atom is -0.386 e. The van der Waals surface area contributed by atoms with Crippen molar-refractivity contribution in [3.05, 3.63) is 35.4 Å². The Morgan fingerprint density at radius 1 is 1.20 bits per heavy atom. The molecule has 1 aromatic carbocycles. The van der Waals surface area contributed by atoms with E-state index in [-0.39, 0.29) is 19.6 Å². The molecular formula is C15H21F3O2. The van der Waals surface area contributed by atoms with Crippen LogP contribution in [0.2, 0.25) is 0 Å². The second-order valence-electron chi connectivity index (χ2n) is 4.80. The third-order valence-corrected chi connectivity index (χ3v) is 2.93. The van der Waals surface area contributed by atoms with Crippen LogP contribution in [-0.4, -0.2) is 24.5 Å². The SMILES string of the molecule is CCCc1ccc(C(O)COCCCC(F)(F)F)cc1. The Morgan fingerprint density at radius 2 is 1.85 bits per heavy atom. The fourth-order valence-electron chi connectivity index (χ4n) is 1.86. The molecule has 1 atom stereocenters. The third-order valence-electron chi connectivity index (χ3n) is 2.93. The van der Waals surface area contributed by atoms with E-state index in [1.165, 1.54) is 5.56 Å². The van der Waals surface area contributed by atoms with Crippen LogP contribution in [0.5, 0.6) is 0 Å². The Balaban J connectivity index is 2.26. The first-order chi connectivity index (χ1) is 9.42. The van der Waals surface area contributed by atoms with E-state index in [1.54, 1.807) is 0 Å². The molecule has 1 N–H and O–H groups in total. The average Bonchev–Trinajstić information content (AvgIpc) is 2.38. The van der Waals surface area contributed by atoms with Gasteiger partial charge in [-0.15, -0.1) is 0 Å². The van der Waals surface area contributed by atoms with Gasteiger partial charge in [0.2, 0.25) is 0 Å². The molecular weight excluding hydrogens is 269 g/mol. The lowest BCUT2D eigenvalue weighted by Gasteiger charge is -2.12. The van der Waals surface area contributed by atoms with Crippen molar-refractivity contribution >= 4 is 0 Å². The highest BCUT2D eigenvalue weighted by atomic mass is 19.4. The number of hydrogen-bond donors (Lipinski definition) is 1. The molecule has 114 valence electrons. The highest BCUT2D eigenvalue weighted by Crippen LogP contribution is 2.21. The van der Waals surface area contributed by atoms with Gasteiger partial charge in [-0.05, 0) is 24.0 Å². The summed E-state index contributed by atoms with van der Waals surface area (Å²) in [6.07, 6.45) is -3.82. The van der Waals surface area contributed by atoms with Crippen molar-refractivity contribution in [2.45, 2.75) is 44.9 Å². The molecule has 0 aromatic heterocycles. The molecule has 5 heteroatoms. The fourth-order valence-corrected chi connectivity index (χ4v) is 1.86. The van der Waals surface area contributed by atoms with E-state index < -0.39 is 18.7 Å². The van der Waals surface area contributed by atoms with Crippen LogP contribution in [0.4, 0.5) is 13.2 Å². The average molecular weight is 290 g/mol. The van der Waals surface area contributed by atoms with Crippen molar-refractivity contribution in [1.82, 2.24) is 0 Å². The summed E-state index contributed by atoms with van der Waals surface area (Å²) in [7, 11) is 0. The number of aliphatic hydroxyl groups is 1. The van der Waals surface area contributed by atoms with E-state index in [0.29, 0.717) is 0 Å². The maximum atomic E-state index is 11.9. The maximum absolute atomic E-state index is 11.9. The smallest absolute Gasteiger partial charge is 0.386 e. The van der Waals surface area contributed by atoms with Crippen LogP contribution in [0.25, 0.3) is 0 Å². The lowest BCUT2D eigenvalue weighted by molar-refractivity contribution is -0.138. The molecule has 0 aliphatic heterocycles. The van der Waals surface area contributed by atoms with E-state index in [4.69, 9.17) is 4.74 Å². The number of aryl methyl sites for hydroxylation is 1. The molecule has 0 radical (unpaired) electrons. The first-order valence-electron chi connectivity index (χ1n) is 6.84. The quantitative estimate of drug-likeness (QED) is 0.732. The number of hydrogen-bond acceptors (Lipinski definition) is 2. The Kier molecular flexibility index (Phi) is 7.02. The predicted octanol–water partition coefficient (Wildman–Crippen LogP) is 4.03. The van der Waals surface area contributed by atoms with Crippen molar-refractivity contribution in [3.8, 4) is 0 Å². The van der Waals surface area contributed by atoms with Gasteiger partial charge in [0.1, 0.15) is 6.10 Å². The molecule has 20 heavy (non-hydrogen) atoms. The predicted molar refractivity (Wildman–Crippen MR) is 71.5 cm³/mol. The zero-order valence-corrected chi connectivity index (χ0v) is 11.6. The van der Waals surface area contributed by atoms with Crippen molar-refractivity contribution in [2.24, 2.45) is 0 Å². The number of rotatable bonds is 8. The van der Waals surface area contributed by atoms with E-state index in [0.717, 1.165) is 18.4 Å². The van der Waals surface area contributed by atoms with Gasteiger partial charge in [-0.1, -0.05) is 37.6 Å². The Labute approximate surface area is 117 Å². The van der Waals surface area contributed by atoms with Crippen LogP contribution in [0, 0.1) is 0 Å². The zero-order valence-electron chi connectivity index (χ0n) is 11.6. The number of benzene rings is 1. The summed E-state index contributed by atoms with van der Waals surface area (Å²) in [4.78, 5) is 0. The zero-order chi connectivity index (χ0) is 15.0. The van der Waals surface area contributed by atoms with Crippen molar-refractivity contribution in [3.63, 3.8) is 0 Å². The molecule has 1 rings (SSSR count). The largest absolute Gasteiger partial charge is 0.389 e. The molecule has 0 saturated carbocycles. The molecule has 1 aromatic rings. The van der Waals surface area contributed by atoms with Gasteiger partial charge in [-0.2, -0.15) is 13.2 Å². The maximum Gasteiger partial charge on any atom is 0.389 e. The fraction of sp³-hybridized carbons (Fsp3) is 0.600. The van der Waals surface area contributed by atoms with Gasteiger partial charge < -0.3 is 9.84 Å². The minimum atomic E-state index is -4.14. The summed E-state index contributed by atoms with van der Waals surface area (Å²) in [6, 6.07) is 7.56. The summed E-state index contributed by atoms with van der Waals surface area (Å²) >= 11 is 0. The third kappa shape index (κ3) is 6.91. The van der Waals surface area contributed by atoms with Crippen LogP contribution < -0.4 is 0 Å². The monoisotopic (exact) mass is 290 g/mol. The Hall–Kier alpha value is -1.07. The molecule has 0 saturated heterocycles. The van der Waals surface area contributed by atoms with Gasteiger partial charge in [0.05, 0.1) is 6.61 Å². The molecule has 0 amide bonds. The van der Waals surface area contributed by atoms with Crippen molar-refractivity contribution in [2.75, 3.05) is 13.2 Å². The molecule has 0 heterocycles. The van der Waals surface area contributed by atoms with E-state index in [2.05, 4.69) is 6.92 Å². The van der Waals surface area contributed by atoms with Crippen LogP contribution >= 0.6 is 0 Å². The van der Waals surface area contributed by atoms with Gasteiger partial charge in [0.25, 0.3) is 0 Å². The van der Waals surface area contributed by atoms with Crippen molar-refractivity contribution < 1.29 is 23.0 Å². The number of ether oxygens (including phenoxy) is 1. The molecule has 2 nitrogen and oxygen atoms in total. The number of aliphatic hydroxyl groups excluding tert-OH is 1. The summed E-state index contributed by atoms with van der Waals surface area (Å²) in [5.74, 6) is 0. The van der Waals surface area contributed by atoms with E-state index in [1.807, 2.05) is 24.3 Å². The molecule has 0 aliphatic carbocycles. The van der Waals surface area contributed by atoms with E-state index >= 15 is 0 Å². The standard InChI is InChI=1S/C15H21F3O2/c1-2-4-12-5-7-13(8-6-12)14(19)11-20-10-3-9-15(16,17)18/h5-8,14,19H,2-4,9-11H2,1H3. The molecule has 0 spiro atoms. The molecule has 0 bridgehead atoms. The van der Waals surface area contributed by atoms with Crippen LogP contribution in [0.1, 0.15) is 43.4 Å². The Bertz CT molecular complexity index is 374. The van der Waals surface area contributed by atoms with Crippen LogP contribution in [0.15, 0.2) is 24.3 Å². The summed E-state index contributed by atoms with van der Waals surface area (Å²) < 4.78 is 40.8. The summed E-state index contributed by atoms with van der Waals surface area (Å²) in [5, 5.41) is 9.85. The van der Waals surface area contributed by atoms with Gasteiger partial charge >= 0.3 is 6.18 Å². The molecule has 0 aliphatic rings. The van der Waals surface area contributed by atoms with Gasteiger partial charge in [-0.25, -0.2) is 0 Å². The summed E-state index contributed by atoms with van der Waals surface area (Å²) in [6.45, 7) is 2.12. The lowest BCUT2D eigenvalue weighted by Crippen LogP contribution is -2.11. The second kappa shape index (κ2) is 8.27. The van der Waals surface area contributed by atoms with Gasteiger partial charge in [0.15, 0.2) is 0 Å². The van der Waals surface area contributed by atoms with Crippen LogP contribution in [-0.2, 0) is 11.2 Å². The highest BCUT2D eigenvalue weighted by molar-refractivity contribution is 5.24. The van der Waals surface area contributed by atoms with Gasteiger partial charge in [0, 0.05) is 13.0 Å². The Morgan fingerprint density at radius 3 is 2.40 bits per heavy atom. The molecule has 0 fully saturated rings. The lowest BCUT2D eigenvalue weighted by atomic mass is 10.0. The van der Waals surface area contributed by atoms with Crippen LogP contribution in [0.3, 0.4) is 0 Å². The van der Waals surface area contributed by atoms with E-state index in [9.17, 15) is 18.3 Å². The molecule has 1 unspecified atom stereocenters. The second-order valence-corrected chi connectivity index (χ2v) is 4.80.